The Morgan fingerprint density at radius 3 is 2.55 bits per heavy atom. The predicted molar refractivity (Wildman–Crippen MR) is 140 cm³/mol. The lowest BCUT2D eigenvalue weighted by molar-refractivity contribution is -0.274. The van der Waals surface area contributed by atoms with Gasteiger partial charge in [0, 0.05) is 23.4 Å². The summed E-state index contributed by atoms with van der Waals surface area (Å²) in [6.07, 6.45) is 2.20. The van der Waals surface area contributed by atoms with E-state index in [1.54, 1.807) is 38.1 Å². The van der Waals surface area contributed by atoms with Crippen molar-refractivity contribution < 1.29 is 41.7 Å². The molecule has 0 saturated carbocycles. The van der Waals surface area contributed by atoms with Crippen molar-refractivity contribution >= 4 is 12.0 Å². The average molecular weight is 557 g/mol. The molecular formula is C29H27F3N2O6. The van der Waals surface area contributed by atoms with Gasteiger partial charge in [0.25, 0.3) is 5.91 Å². The monoisotopic (exact) mass is 556 g/mol. The summed E-state index contributed by atoms with van der Waals surface area (Å²) in [7, 11) is 0. The van der Waals surface area contributed by atoms with Crippen LogP contribution in [0.1, 0.15) is 35.7 Å². The fourth-order valence-corrected chi connectivity index (χ4v) is 4.32. The maximum Gasteiger partial charge on any atom is 0.573 e. The number of ether oxygens (including phenoxy) is 4. The summed E-state index contributed by atoms with van der Waals surface area (Å²) in [5, 5.41) is 5.50. The summed E-state index contributed by atoms with van der Waals surface area (Å²) in [6.45, 7) is 3.90. The number of carbonyl (C=O) groups excluding carboxylic acids is 2. The second-order valence-electron chi connectivity index (χ2n) is 8.77. The van der Waals surface area contributed by atoms with Crippen LogP contribution in [-0.2, 0) is 14.2 Å². The molecule has 1 aliphatic carbocycles. The van der Waals surface area contributed by atoms with Crippen molar-refractivity contribution in [1.29, 1.82) is 0 Å². The van der Waals surface area contributed by atoms with Gasteiger partial charge in [0.1, 0.15) is 24.5 Å². The molecule has 4 rings (SSSR count). The van der Waals surface area contributed by atoms with Crippen molar-refractivity contribution in [3.05, 3.63) is 102 Å². The van der Waals surface area contributed by atoms with Crippen LogP contribution in [0.3, 0.4) is 0 Å². The number of hydrogen-bond acceptors (Lipinski definition) is 6. The highest BCUT2D eigenvalue weighted by Crippen LogP contribution is 2.32. The Kier molecular flexibility index (Phi) is 8.83. The topological polar surface area (TPSA) is 95.1 Å². The van der Waals surface area contributed by atoms with Crippen LogP contribution >= 0.6 is 0 Å². The lowest BCUT2D eigenvalue weighted by Crippen LogP contribution is -2.34. The van der Waals surface area contributed by atoms with Gasteiger partial charge in [-0.3, -0.25) is 4.79 Å². The van der Waals surface area contributed by atoms with E-state index in [9.17, 15) is 22.8 Å². The van der Waals surface area contributed by atoms with E-state index < -0.39 is 24.5 Å². The highest BCUT2D eigenvalue weighted by Gasteiger charge is 2.32. The Morgan fingerprint density at radius 2 is 1.88 bits per heavy atom. The first-order valence-corrected chi connectivity index (χ1v) is 12.4. The Balaban J connectivity index is 1.66. The van der Waals surface area contributed by atoms with E-state index in [4.69, 9.17) is 14.2 Å². The SMILES string of the molecule is CCNC(=O)OC(C1=COC=CO1)C1=C(NC(=O)c2cccc(C)c2-c2ccc(OC(F)(F)F)cc2)C=CCC1. The van der Waals surface area contributed by atoms with Crippen LogP contribution in [0.4, 0.5) is 18.0 Å². The van der Waals surface area contributed by atoms with Crippen LogP contribution in [0.2, 0.25) is 0 Å². The van der Waals surface area contributed by atoms with E-state index in [-0.39, 0.29) is 11.5 Å². The van der Waals surface area contributed by atoms with E-state index in [1.165, 1.54) is 43.1 Å². The number of hydrogen-bond donors (Lipinski definition) is 2. The number of alkyl halides is 3. The van der Waals surface area contributed by atoms with Gasteiger partial charge in [-0.25, -0.2) is 4.79 Å². The minimum atomic E-state index is -4.81. The summed E-state index contributed by atoms with van der Waals surface area (Å²) < 4.78 is 58.2. The van der Waals surface area contributed by atoms with Gasteiger partial charge in [0.2, 0.25) is 0 Å². The first-order chi connectivity index (χ1) is 19.2. The fraction of sp³-hybridized carbons (Fsp3) is 0.241. The lowest BCUT2D eigenvalue weighted by Gasteiger charge is -2.27. The van der Waals surface area contributed by atoms with Crippen molar-refractivity contribution in [3.63, 3.8) is 0 Å². The second-order valence-corrected chi connectivity index (χ2v) is 8.77. The molecule has 0 fully saturated rings. The van der Waals surface area contributed by atoms with E-state index in [2.05, 4.69) is 15.4 Å². The Bertz CT molecular complexity index is 1380. The first-order valence-electron chi connectivity index (χ1n) is 12.4. The molecule has 1 heterocycles. The quantitative estimate of drug-likeness (QED) is 0.393. The summed E-state index contributed by atoms with van der Waals surface area (Å²) in [5.74, 6) is -0.600. The zero-order valence-corrected chi connectivity index (χ0v) is 21.7. The number of alkyl carbamates (subject to hydrolysis) is 1. The molecule has 1 atom stereocenters. The third-order valence-corrected chi connectivity index (χ3v) is 6.00. The average Bonchev–Trinajstić information content (AvgIpc) is 2.92. The predicted octanol–water partition coefficient (Wildman–Crippen LogP) is 6.37. The molecule has 2 aromatic rings. The van der Waals surface area contributed by atoms with Gasteiger partial charge in [0.05, 0.1) is 0 Å². The molecule has 1 aliphatic heterocycles. The zero-order valence-electron chi connectivity index (χ0n) is 21.7. The summed E-state index contributed by atoms with van der Waals surface area (Å²) in [4.78, 5) is 26.0. The normalized spacial score (nSPS) is 15.4. The van der Waals surface area contributed by atoms with E-state index in [1.807, 2.05) is 6.08 Å². The summed E-state index contributed by atoms with van der Waals surface area (Å²) in [6, 6.07) is 10.4. The maximum absolute atomic E-state index is 13.6. The molecule has 11 heteroatoms. The van der Waals surface area contributed by atoms with Crippen LogP contribution in [-0.4, -0.2) is 31.0 Å². The zero-order chi connectivity index (χ0) is 28.7. The lowest BCUT2D eigenvalue weighted by atomic mass is 9.93. The van der Waals surface area contributed by atoms with Crippen LogP contribution < -0.4 is 15.4 Å². The molecule has 2 aromatic carbocycles. The minimum absolute atomic E-state index is 0.225. The second kappa shape index (κ2) is 12.5. The maximum atomic E-state index is 13.6. The van der Waals surface area contributed by atoms with Crippen molar-refractivity contribution in [1.82, 2.24) is 10.6 Å². The number of amides is 2. The van der Waals surface area contributed by atoms with Crippen LogP contribution in [0, 0.1) is 6.92 Å². The Labute approximate surface area is 228 Å². The Morgan fingerprint density at radius 1 is 1.10 bits per heavy atom. The molecule has 0 bridgehead atoms. The number of aryl methyl sites for hydroxylation is 1. The molecule has 2 aliphatic rings. The molecule has 0 saturated heterocycles. The van der Waals surface area contributed by atoms with Gasteiger partial charge >= 0.3 is 12.5 Å². The van der Waals surface area contributed by atoms with Crippen molar-refractivity contribution in [2.45, 2.75) is 39.2 Å². The number of allylic oxidation sites excluding steroid dienone is 2. The molecule has 2 N–H and O–H groups in total. The third kappa shape index (κ3) is 7.04. The van der Waals surface area contributed by atoms with E-state index in [0.717, 1.165) is 5.56 Å². The number of nitrogens with one attached hydrogen (secondary N) is 2. The molecule has 8 nitrogen and oxygen atoms in total. The van der Waals surface area contributed by atoms with Gasteiger partial charge in [0.15, 0.2) is 11.9 Å². The molecule has 0 spiro atoms. The van der Waals surface area contributed by atoms with Gasteiger partial charge < -0.3 is 29.6 Å². The standard InChI is InChI=1S/C29H27F3N2O6/c1-3-33-28(36)39-26(24-17-37-15-16-38-24)21-8-4-5-10-23(21)34-27(35)22-9-6-7-18(2)25(22)19-11-13-20(14-12-19)40-29(30,31)32/h5-7,9-17,26H,3-4,8H2,1-2H3,(H,33,36)(H,34,35). The number of carbonyl (C=O) groups is 2. The van der Waals surface area contributed by atoms with Gasteiger partial charge in [-0.2, -0.15) is 0 Å². The van der Waals surface area contributed by atoms with Gasteiger partial charge in [-0.1, -0.05) is 30.3 Å². The van der Waals surface area contributed by atoms with Gasteiger partial charge in [-0.05, 0) is 67.7 Å². The number of benzene rings is 2. The molecule has 210 valence electrons. The molecule has 0 aromatic heterocycles. The molecule has 2 amide bonds. The molecule has 1 unspecified atom stereocenters. The fourth-order valence-electron chi connectivity index (χ4n) is 4.32. The van der Waals surface area contributed by atoms with E-state index in [0.29, 0.717) is 47.3 Å². The highest BCUT2D eigenvalue weighted by molar-refractivity contribution is 6.02. The minimum Gasteiger partial charge on any atom is -0.466 e. The van der Waals surface area contributed by atoms with Crippen molar-refractivity contribution in [2.75, 3.05) is 6.54 Å². The summed E-state index contributed by atoms with van der Waals surface area (Å²) >= 11 is 0. The van der Waals surface area contributed by atoms with Crippen LogP contribution in [0.25, 0.3) is 11.1 Å². The van der Waals surface area contributed by atoms with Crippen molar-refractivity contribution in [3.8, 4) is 16.9 Å². The molecule has 40 heavy (non-hydrogen) atoms. The highest BCUT2D eigenvalue weighted by atomic mass is 19.4. The third-order valence-electron chi connectivity index (χ3n) is 6.00. The number of halogens is 3. The van der Waals surface area contributed by atoms with Crippen LogP contribution in [0.15, 0.2) is 90.4 Å². The first kappa shape index (κ1) is 28.3. The molecular weight excluding hydrogens is 529 g/mol. The van der Waals surface area contributed by atoms with Gasteiger partial charge in [-0.15, -0.1) is 13.2 Å². The smallest absolute Gasteiger partial charge is 0.466 e. The molecule has 0 radical (unpaired) electrons. The van der Waals surface area contributed by atoms with E-state index >= 15 is 0 Å². The van der Waals surface area contributed by atoms with Crippen molar-refractivity contribution in [2.24, 2.45) is 0 Å². The Hall–Kier alpha value is -4.67. The van der Waals surface area contributed by atoms with Crippen LogP contribution in [0.5, 0.6) is 5.75 Å². The summed E-state index contributed by atoms with van der Waals surface area (Å²) in [5.41, 5.74) is 3.14. The number of rotatable bonds is 8. The largest absolute Gasteiger partial charge is 0.573 e.